The minimum absolute atomic E-state index is 0.0516. The number of likely N-dealkylation sites (tertiary alicyclic amines) is 1. The van der Waals surface area contributed by atoms with Gasteiger partial charge in [-0.3, -0.25) is 4.79 Å². The Hall–Kier alpha value is -1.75. The van der Waals surface area contributed by atoms with Crippen LogP contribution in [0.25, 0.3) is 0 Å². The maximum absolute atomic E-state index is 12.5. The fourth-order valence-corrected chi connectivity index (χ4v) is 3.49. The van der Waals surface area contributed by atoms with Gasteiger partial charge in [-0.1, -0.05) is 6.07 Å². The van der Waals surface area contributed by atoms with Gasteiger partial charge in [0.2, 0.25) is 0 Å². The molecule has 0 aliphatic carbocycles. The molecule has 0 spiro atoms. The number of hydrogen-bond donors (Lipinski definition) is 0. The maximum atomic E-state index is 12.5. The molecule has 2 aromatic rings. The first-order valence-corrected chi connectivity index (χ1v) is 8.16. The third-order valence-electron chi connectivity index (χ3n) is 4.15. The lowest BCUT2D eigenvalue weighted by Gasteiger charge is -2.31. The number of carbonyl (C=O) groups excluding carboxylic acids is 1. The van der Waals surface area contributed by atoms with Crippen LogP contribution in [0.5, 0.6) is 0 Å². The molecule has 1 fully saturated rings. The van der Waals surface area contributed by atoms with Crippen LogP contribution in [0.3, 0.4) is 0 Å². The lowest BCUT2D eigenvalue weighted by atomic mass is 9.97. The first-order chi connectivity index (χ1) is 10.1. The van der Waals surface area contributed by atoms with Crippen LogP contribution in [0.4, 0.5) is 0 Å². The highest BCUT2D eigenvalue weighted by atomic mass is 32.1. The maximum Gasteiger partial charge on any atom is 0.272 e. The van der Waals surface area contributed by atoms with E-state index in [4.69, 9.17) is 0 Å². The summed E-state index contributed by atoms with van der Waals surface area (Å²) in [5, 5.41) is 3.22. The van der Waals surface area contributed by atoms with E-state index in [2.05, 4.69) is 9.97 Å². The molecule has 2 aromatic heterocycles. The Balaban J connectivity index is 1.66. The molecule has 1 saturated heterocycles. The van der Waals surface area contributed by atoms with Crippen LogP contribution < -0.4 is 0 Å². The predicted molar refractivity (Wildman–Crippen MR) is 83.7 cm³/mol. The molecule has 0 aromatic carbocycles. The first kappa shape index (κ1) is 14.2. The summed E-state index contributed by atoms with van der Waals surface area (Å²) in [6, 6.07) is 3.80. The van der Waals surface area contributed by atoms with Crippen molar-refractivity contribution in [3.8, 4) is 0 Å². The Labute approximate surface area is 128 Å². The molecule has 0 N–H and O–H groups in total. The Morgan fingerprint density at radius 1 is 1.29 bits per heavy atom. The monoisotopic (exact) mass is 301 g/mol. The highest BCUT2D eigenvalue weighted by Gasteiger charge is 2.26. The smallest absolute Gasteiger partial charge is 0.272 e. The third-order valence-corrected chi connectivity index (χ3v) is 5.09. The Morgan fingerprint density at radius 3 is 2.67 bits per heavy atom. The van der Waals surface area contributed by atoms with E-state index in [-0.39, 0.29) is 5.91 Å². The SMILES string of the molecule is Cc1ccc(C(=O)N2CCC(c3nccs3)CC2)nc1C. The zero-order chi connectivity index (χ0) is 14.8. The van der Waals surface area contributed by atoms with Gasteiger partial charge in [-0.15, -0.1) is 11.3 Å². The standard InChI is InChI=1S/C16H19N3OS/c1-11-3-4-14(18-12(11)2)16(20)19-8-5-13(6-9-19)15-17-7-10-21-15/h3-4,7,10,13H,5-6,8-9H2,1-2H3. The molecule has 3 rings (SSSR count). The average molecular weight is 301 g/mol. The fraction of sp³-hybridized carbons (Fsp3) is 0.438. The van der Waals surface area contributed by atoms with Gasteiger partial charge in [-0.05, 0) is 38.3 Å². The van der Waals surface area contributed by atoms with Gasteiger partial charge in [0, 0.05) is 36.3 Å². The topological polar surface area (TPSA) is 46.1 Å². The number of nitrogens with zero attached hydrogens (tertiary/aromatic N) is 3. The Bertz CT molecular complexity index is 631. The summed E-state index contributed by atoms with van der Waals surface area (Å²) >= 11 is 1.71. The van der Waals surface area contributed by atoms with Crippen molar-refractivity contribution in [1.82, 2.24) is 14.9 Å². The summed E-state index contributed by atoms with van der Waals surface area (Å²) in [5.41, 5.74) is 2.61. The predicted octanol–water partition coefficient (Wildman–Crippen LogP) is 3.17. The van der Waals surface area contributed by atoms with Crippen LogP contribution in [0.15, 0.2) is 23.7 Å². The molecule has 0 unspecified atom stereocenters. The van der Waals surface area contributed by atoms with Gasteiger partial charge in [0.05, 0.1) is 5.01 Å². The highest BCUT2D eigenvalue weighted by Crippen LogP contribution is 2.29. The van der Waals surface area contributed by atoms with Crippen LogP contribution in [0.2, 0.25) is 0 Å². The normalized spacial score (nSPS) is 16.2. The van der Waals surface area contributed by atoms with Crippen molar-refractivity contribution in [2.45, 2.75) is 32.6 Å². The van der Waals surface area contributed by atoms with E-state index in [9.17, 15) is 4.79 Å². The number of pyridine rings is 1. The lowest BCUT2D eigenvalue weighted by Crippen LogP contribution is -2.38. The molecule has 0 saturated carbocycles. The van der Waals surface area contributed by atoms with E-state index in [1.165, 1.54) is 5.01 Å². The zero-order valence-electron chi connectivity index (χ0n) is 12.4. The molecule has 3 heterocycles. The number of rotatable bonds is 2. The third kappa shape index (κ3) is 2.97. The van der Waals surface area contributed by atoms with E-state index >= 15 is 0 Å². The number of hydrogen-bond acceptors (Lipinski definition) is 4. The molecule has 1 aliphatic heterocycles. The van der Waals surface area contributed by atoms with Gasteiger partial charge < -0.3 is 4.90 Å². The molecular formula is C16H19N3OS. The van der Waals surface area contributed by atoms with Crippen molar-refractivity contribution in [3.05, 3.63) is 45.7 Å². The second-order valence-corrected chi connectivity index (χ2v) is 6.46. The number of amides is 1. The van der Waals surface area contributed by atoms with Crippen LogP contribution in [-0.2, 0) is 0 Å². The zero-order valence-corrected chi connectivity index (χ0v) is 13.2. The molecule has 0 atom stereocenters. The van der Waals surface area contributed by atoms with Crippen molar-refractivity contribution in [3.63, 3.8) is 0 Å². The highest BCUT2D eigenvalue weighted by molar-refractivity contribution is 7.09. The number of piperidine rings is 1. The van der Waals surface area contributed by atoms with Crippen molar-refractivity contribution in [1.29, 1.82) is 0 Å². The van der Waals surface area contributed by atoms with E-state index in [1.807, 2.05) is 42.5 Å². The van der Waals surface area contributed by atoms with Gasteiger partial charge in [0.15, 0.2) is 0 Å². The summed E-state index contributed by atoms with van der Waals surface area (Å²) in [6.45, 7) is 5.53. The first-order valence-electron chi connectivity index (χ1n) is 7.28. The summed E-state index contributed by atoms with van der Waals surface area (Å²) in [4.78, 5) is 23.2. The molecule has 4 nitrogen and oxygen atoms in total. The van der Waals surface area contributed by atoms with Crippen molar-refractivity contribution >= 4 is 17.2 Å². The molecule has 1 aliphatic rings. The van der Waals surface area contributed by atoms with Crippen LogP contribution in [0.1, 0.15) is 45.5 Å². The van der Waals surface area contributed by atoms with Gasteiger partial charge in [-0.2, -0.15) is 0 Å². The van der Waals surface area contributed by atoms with Crippen molar-refractivity contribution in [2.24, 2.45) is 0 Å². The van der Waals surface area contributed by atoms with Gasteiger partial charge in [-0.25, -0.2) is 9.97 Å². The van der Waals surface area contributed by atoms with Gasteiger partial charge in [0.25, 0.3) is 5.91 Å². The van der Waals surface area contributed by atoms with Gasteiger partial charge >= 0.3 is 0 Å². The van der Waals surface area contributed by atoms with Gasteiger partial charge in [0.1, 0.15) is 5.69 Å². The summed E-state index contributed by atoms with van der Waals surface area (Å²) < 4.78 is 0. The van der Waals surface area contributed by atoms with E-state index in [0.717, 1.165) is 37.2 Å². The lowest BCUT2D eigenvalue weighted by molar-refractivity contribution is 0.0706. The number of aryl methyl sites for hydroxylation is 2. The average Bonchev–Trinajstić information content (AvgIpc) is 3.04. The molecule has 0 radical (unpaired) electrons. The number of carbonyl (C=O) groups is 1. The van der Waals surface area contributed by atoms with E-state index < -0.39 is 0 Å². The second-order valence-electron chi connectivity index (χ2n) is 5.54. The number of aromatic nitrogens is 2. The molecule has 0 bridgehead atoms. The summed E-state index contributed by atoms with van der Waals surface area (Å²) in [6.07, 6.45) is 3.84. The fourth-order valence-electron chi connectivity index (χ4n) is 2.68. The molecule has 5 heteroatoms. The summed E-state index contributed by atoms with van der Waals surface area (Å²) in [7, 11) is 0. The molecule has 110 valence electrons. The quantitative estimate of drug-likeness (QED) is 0.856. The minimum Gasteiger partial charge on any atom is -0.337 e. The van der Waals surface area contributed by atoms with Crippen molar-refractivity contribution in [2.75, 3.05) is 13.1 Å². The molecule has 1 amide bonds. The van der Waals surface area contributed by atoms with Crippen LogP contribution in [-0.4, -0.2) is 33.9 Å². The van der Waals surface area contributed by atoms with Crippen molar-refractivity contribution < 1.29 is 4.79 Å². The molecular weight excluding hydrogens is 282 g/mol. The minimum atomic E-state index is 0.0516. The Kier molecular flexibility index (Phi) is 4.01. The largest absolute Gasteiger partial charge is 0.337 e. The summed E-state index contributed by atoms with van der Waals surface area (Å²) in [5.74, 6) is 0.553. The second kappa shape index (κ2) is 5.93. The van der Waals surface area contributed by atoms with E-state index in [0.29, 0.717) is 11.6 Å². The number of thiazole rings is 1. The molecule has 21 heavy (non-hydrogen) atoms. The van der Waals surface area contributed by atoms with E-state index in [1.54, 1.807) is 11.3 Å². The van der Waals surface area contributed by atoms with Crippen LogP contribution >= 0.6 is 11.3 Å². The van der Waals surface area contributed by atoms with Crippen LogP contribution in [0, 0.1) is 13.8 Å². The Morgan fingerprint density at radius 2 is 2.05 bits per heavy atom.